The number of carbonyl (C=O) groups is 1. The maximum absolute atomic E-state index is 12.9. The van der Waals surface area contributed by atoms with E-state index in [1.54, 1.807) is 0 Å². The third-order valence-electron chi connectivity index (χ3n) is 4.17. The lowest BCUT2D eigenvalue weighted by atomic mass is 10.0. The van der Waals surface area contributed by atoms with E-state index in [-0.39, 0.29) is 5.91 Å². The van der Waals surface area contributed by atoms with Crippen LogP contribution in [0.15, 0.2) is 35.5 Å². The Morgan fingerprint density at radius 3 is 2.10 bits per heavy atom. The molecule has 0 aliphatic carbocycles. The smallest absolute Gasteiger partial charge is 0.254 e. The van der Waals surface area contributed by atoms with Crippen molar-refractivity contribution in [3.8, 4) is 0 Å². The van der Waals surface area contributed by atoms with Gasteiger partial charge in [-0.25, -0.2) is 0 Å². The molecule has 1 saturated heterocycles. The summed E-state index contributed by atoms with van der Waals surface area (Å²) in [5, 5.41) is 1.31. The number of carbonyl (C=O) groups excluding carboxylic acids is 1. The van der Waals surface area contributed by atoms with Crippen molar-refractivity contribution < 1.29 is 4.79 Å². The van der Waals surface area contributed by atoms with Crippen molar-refractivity contribution in [1.82, 2.24) is 4.90 Å². The number of amides is 1. The Hall–Kier alpha value is -1.35. The van der Waals surface area contributed by atoms with Crippen molar-refractivity contribution in [2.24, 2.45) is 0 Å². The first-order valence-electron chi connectivity index (χ1n) is 7.47. The molecule has 20 heavy (non-hydrogen) atoms. The van der Waals surface area contributed by atoms with Crippen LogP contribution in [0.3, 0.4) is 0 Å². The summed E-state index contributed by atoms with van der Waals surface area (Å²) in [7, 11) is -1.49. The van der Waals surface area contributed by atoms with E-state index in [9.17, 15) is 4.79 Å². The van der Waals surface area contributed by atoms with E-state index in [4.69, 9.17) is 0 Å². The first kappa shape index (κ1) is 15.0. The molecule has 0 atom stereocenters. The van der Waals surface area contributed by atoms with Crippen molar-refractivity contribution in [3.05, 3.63) is 41.1 Å². The van der Waals surface area contributed by atoms with E-state index in [0.29, 0.717) is 0 Å². The first-order chi connectivity index (χ1) is 9.41. The van der Waals surface area contributed by atoms with Crippen LogP contribution in [0.5, 0.6) is 0 Å². The highest BCUT2D eigenvalue weighted by Gasteiger charge is 2.28. The highest BCUT2D eigenvalue weighted by molar-refractivity contribution is 6.84. The van der Waals surface area contributed by atoms with Gasteiger partial charge in [-0.1, -0.05) is 55.2 Å². The predicted octanol–water partition coefficient (Wildman–Crippen LogP) is 3.96. The van der Waals surface area contributed by atoms with Gasteiger partial charge in [-0.2, -0.15) is 0 Å². The minimum atomic E-state index is -1.49. The van der Waals surface area contributed by atoms with Gasteiger partial charge in [0.15, 0.2) is 0 Å². The maximum atomic E-state index is 12.9. The molecule has 2 rings (SSSR count). The standard InChI is InChI=1S/C17H25NOSi/c1-14(20(2,3)4)16(15-10-6-5-7-11-15)17(19)18-12-8-9-13-18/h5-7,10-11H,8-9,12-13H2,1-4H3/b16-14-. The van der Waals surface area contributed by atoms with Crippen LogP contribution in [-0.4, -0.2) is 32.0 Å². The van der Waals surface area contributed by atoms with E-state index in [2.05, 4.69) is 38.7 Å². The molecule has 1 aliphatic heterocycles. The monoisotopic (exact) mass is 287 g/mol. The predicted molar refractivity (Wildman–Crippen MR) is 88.2 cm³/mol. The lowest BCUT2D eigenvalue weighted by Crippen LogP contribution is -2.32. The van der Waals surface area contributed by atoms with Gasteiger partial charge in [-0.15, -0.1) is 0 Å². The molecule has 0 unspecified atom stereocenters. The second kappa shape index (κ2) is 5.96. The molecule has 1 aromatic carbocycles. The Labute approximate surface area is 123 Å². The first-order valence-corrected chi connectivity index (χ1v) is 11.0. The fourth-order valence-corrected chi connectivity index (χ4v) is 3.56. The molecular formula is C17H25NOSi. The van der Waals surface area contributed by atoms with Gasteiger partial charge in [0.2, 0.25) is 0 Å². The summed E-state index contributed by atoms with van der Waals surface area (Å²) in [6.45, 7) is 10.9. The topological polar surface area (TPSA) is 20.3 Å². The Bertz CT molecular complexity index is 508. The highest BCUT2D eigenvalue weighted by Crippen LogP contribution is 2.28. The number of nitrogens with zero attached hydrogens (tertiary/aromatic N) is 1. The molecule has 1 aliphatic rings. The Kier molecular flexibility index (Phi) is 4.48. The van der Waals surface area contributed by atoms with Gasteiger partial charge in [0.1, 0.15) is 0 Å². The van der Waals surface area contributed by atoms with Crippen molar-refractivity contribution in [2.75, 3.05) is 13.1 Å². The molecule has 3 heteroatoms. The molecule has 0 N–H and O–H groups in total. The van der Waals surface area contributed by atoms with Crippen molar-refractivity contribution in [3.63, 3.8) is 0 Å². The molecule has 1 heterocycles. The van der Waals surface area contributed by atoms with Gasteiger partial charge in [-0.05, 0) is 25.3 Å². The fourth-order valence-electron chi connectivity index (χ4n) is 2.56. The Morgan fingerprint density at radius 1 is 1.05 bits per heavy atom. The summed E-state index contributed by atoms with van der Waals surface area (Å²) in [6, 6.07) is 10.2. The molecule has 2 nitrogen and oxygen atoms in total. The lowest BCUT2D eigenvalue weighted by Gasteiger charge is -2.25. The summed E-state index contributed by atoms with van der Waals surface area (Å²) >= 11 is 0. The minimum absolute atomic E-state index is 0.230. The second-order valence-electron chi connectivity index (χ2n) is 6.62. The molecule has 1 aromatic rings. The van der Waals surface area contributed by atoms with Crippen LogP contribution in [0.4, 0.5) is 0 Å². The van der Waals surface area contributed by atoms with Crippen LogP contribution in [0.2, 0.25) is 19.6 Å². The van der Waals surface area contributed by atoms with Crippen molar-refractivity contribution in [2.45, 2.75) is 39.4 Å². The molecule has 0 aromatic heterocycles. The molecule has 0 spiro atoms. The quantitative estimate of drug-likeness (QED) is 0.608. The zero-order chi connectivity index (χ0) is 14.8. The summed E-state index contributed by atoms with van der Waals surface area (Å²) in [4.78, 5) is 14.9. The van der Waals surface area contributed by atoms with E-state index in [0.717, 1.165) is 37.1 Å². The van der Waals surface area contributed by atoms with Crippen molar-refractivity contribution >= 4 is 19.6 Å². The van der Waals surface area contributed by atoms with Gasteiger partial charge in [-0.3, -0.25) is 4.79 Å². The zero-order valence-corrected chi connectivity index (χ0v) is 14.1. The minimum Gasteiger partial charge on any atom is -0.339 e. The number of likely N-dealkylation sites (tertiary alicyclic amines) is 1. The largest absolute Gasteiger partial charge is 0.339 e. The van der Waals surface area contributed by atoms with Gasteiger partial charge < -0.3 is 4.90 Å². The average Bonchev–Trinajstić information content (AvgIpc) is 2.93. The summed E-state index contributed by atoms with van der Waals surface area (Å²) in [6.07, 6.45) is 2.28. The van der Waals surface area contributed by atoms with Crippen LogP contribution in [-0.2, 0) is 4.79 Å². The number of rotatable bonds is 3. The van der Waals surface area contributed by atoms with Gasteiger partial charge in [0.05, 0.1) is 8.07 Å². The number of allylic oxidation sites excluding steroid dienone is 1. The van der Waals surface area contributed by atoms with Crippen LogP contribution >= 0.6 is 0 Å². The van der Waals surface area contributed by atoms with E-state index in [1.807, 2.05) is 23.1 Å². The Balaban J connectivity index is 2.47. The molecule has 0 radical (unpaired) electrons. The zero-order valence-electron chi connectivity index (χ0n) is 13.1. The maximum Gasteiger partial charge on any atom is 0.254 e. The van der Waals surface area contributed by atoms with E-state index >= 15 is 0 Å². The number of hydrogen-bond acceptors (Lipinski definition) is 1. The lowest BCUT2D eigenvalue weighted by molar-refractivity contribution is -0.124. The normalized spacial score (nSPS) is 17.1. The Morgan fingerprint density at radius 2 is 1.60 bits per heavy atom. The van der Waals surface area contributed by atoms with Gasteiger partial charge >= 0.3 is 0 Å². The van der Waals surface area contributed by atoms with Crippen LogP contribution in [0.1, 0.15) is 25.3 Å². The fraction of sp³-hybridized carbons (Fsp3) is 0.471. The molecule has 0 saturated carbocycles. The molecule has 1 fully saturated rings. The third kappa shape index (κ3) is 3.21. The summed E-state index contributed by atoms with van der Waals surface area (Å²) < 4.78 is 0. The molecule has 0 bridgehead atoms. The molecule has 1 amide bonds. The van der Waals surface area contributed by atoms with E-state index < -0.39 is 8.07 Å². The molecule has 108 valence electrons. The number of hydrogen-bond donors (Lipinski definition) is 0. The summed E-state index contributed by atoms with van der Waals surface area (Å²) in [5.74, 6) is 0.230. The summed E-state index contributed by atoms with van der Waals surface area (Å²) in [5.41, 5.74) is 2.02. The number of benzene rings is 1. The van der Waals surface area contributed by atoms with E-state index in [1.165, 1.54) is 5.20 Å². The van der Waals surface area contributed by atoms with Crippen molar-refractivity contribution in [1.29, 1.82) is 0 Å². The van der Waals surface area contributed by atoms with Crippen LogP contribution in [0, 0.1) is 0 Å². The molecular weight excluding hydrogens is 262 g/mol. The van der Waals surface area contributed by atoms with Gasteiger partial charge in [0, 0.05) is 18.7 Å². The third-order valence-corrected chi connectivity index (χ3v) is 6.67. The van der Waals surface area contributed by atoms with Gasteiger partial charge in [0.25, 0.3) is 5.91 Å². The highest BCUT2D eigenvalue weighted by atomic mass is 28.3. The van der Waals surface area contributed by atoms with Crippen LogP contribution < -0.4 is 0 Å². The second-order valence-corrected chi connectivity index (χ2v) is 11.9. The SMILES string of the molecule is C/C(=C(/C(=O)N1CCCC1)c1ccccc1)[Si](C)(C)C. The van der Waals surface area contributed by atoms with Crippen LogP contribution in [0.25, 0.3) is 5.57 Å². The average molecular weight is 287 g/mol.